The fraction of sp³-hybridized carbons (Fsp3) is 0.182. The lowest BCUT2D eigenvalue weighted by atomic mass is 10.1. The number of aliphatic carboxylic acids is 1. The molecule has 1 unspecified atom stereocenters. The van der Waals surface area contributed by atoms with Gasteiger partial charge in [0.25, 0.3) is 0 Å². The molecular formula is C11H11NO2. The number of hydrogen-bond donors (Lipinski definition) is 2. The van der Waals surface area contributed by atoms with Gasteiger partial charge in [-0.1, -0.05) is 18.2 Å². The number of H-pyrrole nitrogens is 1. The van der Waals surface area contributed by atoms with Crippen LogP contribution in [-0.2, 0) is 4.79 Å². The van der Waals surface area contributed by atoms with Gasteiger partial charge in [0.2, 0.25) is 0 Å². The molecule has 1 atom stereocenters. The van der Waals surface area contributed by atoms with Crippen molar-refractivity contribution in [1.29, 1.82) is 0 Å². The van der Waals surface area contributed by atoms with Crippen molar-refractivity contribution in [3.05, 3.63) is 36.0 Å². The summed E-state index contributed by atoms with van der Waals surface area (Å²) >= 11 is 0. The Hall–Kier alpha value is -1.77. The van der Waals surface area contributed by atoms with Crippen molar-refractivity contribution in [2.24, 2.45) is 0 Å². The maximum Gasteiger partial charge on any atom is 0.312 e. The number of carboxylic acids is 1. The van der Waals surface area contributed by atoms with E-state index in [1.807, 2.05) is 30.3 Å². The molecule has 0 fully saturated rings. The molecule has 0 spiro atoms. The van der Waals surface area contributed by atoms with E-state index in [1.165, 1.54) is 0 Å². The Morgan fingerprint density at radius 1 is 1.43 bits per heavy atom. The van der Waals surface area contributed by atoms with Gasteiger partial charge in [0, 0.05) is 11.2 Å². The lowest BCUT2D eigenvalue weighted by Gasteiger charge is -2.01. The van der Waals surface area contributed by atoms with Gasteiger partial charge in [0.05, 0.1) is 5.92 Å². The van der Waals surface area contributed by atoms with E-state index >= 15 is 0 Å². The fourth-order valence-corrected chi connectivity index (χ4v) is 1.46. The molecular weight excluding hydrogens is 178 g/mol. The summed E-state index contributed by atoms with van der Waals surface area (Å²) in [6.07, 6.45) is 0. The van der Waals surface area contributed by atoms with Crippen molar-refractivity contribution in [3.8, 4) is 0 Å². The highest BCUT2D eigenvalue weighted by molar-refractivity contribution is 5.83. The number of para-hydroxylation sites is 1. The summed E-state index contributed by atoms with van der Waals surface area (Å²) in [6, 6.07) is 9.64. The number of rotatable bonds is 2. The average molecular weight is 189 g/mol. The zero-order valence-electron chi connectivity index (χ0n) is 7.82. The second kappa shape index (κ2) is 3.18. The maximum absolute atomic E-state index is 10.8. The van der Waals surface area contributed by atoms with Crippen molar-refractivity contribution >= 4 is 16.9 Å². The average Bonchev–Trinajstić information content (AvgIpc) is 2.59. The molecule has 0 bridgehead atoms. The molecule has 0 saturated carbocycles. The molecule has 3 heteroatoms. The first-order valence-corrected chi connectivity index (χ1v) is 4.49. The number of nitrogens with one attached hydrogen (secondary N) is 1. The van der Waals surface area contributed by atoms with Crippen LogP contribution in [0.3, 0.4) is 0 Å². The molecule has 3 nitrogen and oxygen atoms in total. The number of fused-ring (bicyclic) bond motifs is 1. The highest BCUT2D eigenvalue weighted by Gasteiger charge is 2.15. The highest BCUT2D eigenvalue weighted by atomic mass is 16.4. The molecule has 0 aliphatic rings. The quantitative estimate of drug-likeness (QED) is 0.761. The Morgan fingerprint density at radius 2 is 2.14 bits per heavy atom. The van der Waals surface area contributed by atoms with Gasteiger partial charge in [-0.05, 0) is 24.4 Å². The van der Waals surface area contributed by atoms with Crippen LogP contribution in [0.1, 0.15) is 18.5 Å². The smallest absolute Gasteiger partial charge is 0.312 e. The largest absolute Gasteiger partial charge is 0.481 e. The Bertz CT molecular complexity index is 440. The van der Waals surface area contributed by atoms with Crippen molar-refractivity contribution in [1.82, 2.24) is 4.98 Å². The summed E-state index contributed by atoms with van der Waals surface area (Å²) < 4.78 is 0. The van der Waals surface area contributed by atoms with Crippen molar-refractivity contribution in [3.63, 3.8) is 0 Å². The molecule has 1 aromatic carbocycles. The number of aromatic nitrogens is 1. The molecule has 2 rings (SSSR count). The molecule has 0 radical (unpaired) electrons. The van der Waals surface area contributed by atoms with Crippen LogP contribution in [0.15, 0.2) is 30.3 Å². The third-order valence-corrected chi connectivity index (χ3v) is 2.39. The summed E-state index contributed by atoms with van der Waals surface area (Å²) in [7, 11) is 0. The first-order valence-electron chi connectivity index (χ1n) is 4.49. The topological polar surface area (TPSA) is 53.1 Å². The standard InChI is InChI=1S/C11H11NO2/c1-7(11(13)14)10-6-8-4-2-3-5-9(8)12-10/h2-7,12H,1H3,(H,13,14). The van der Waals surface area contributed by atoms with E-state index in [9.17, 15) is 4.79 Å². The zero-order valence-corrected chi connectivity index (χ0v) is 7.82. The second-order valence-corrected chi connectivity index (χ2v) is 3.37. The third-order valence-electron chi connectivity index (χ3n) is 2.39. The number of carboxylic acid groups (broad SMARTS) is 1. The van der Waals surface area contributed by atoms with Gasteiger partial charge < -0.3 is 10.1 Å². The molecule has 14 heavy (non-hydrogen) atoms. The normalized spacial score (nSPS) is 12.9. The summed E-state index contributed by atoms with van der Waals surface area (Å²) in [5.41, 5.74) is 1.73. The predicted octanol–water partition coefficient (Wildman–Crippen LogP) is 2.36. The van der Waals surface area contributed by atoms with Crippen LogP contribution in [0.5, 0.6) is 0 Å². The molecule has 72 valence electrons. The van der Waals surface area contributed by atoms with Crippen molar-refractivity contribution < 1.29 is 9.90 Å². The van der Waals surface area contributed by atoms with E-state index in [4.69, 9.17) is 5.11 Å². The Labute approximate surface area is 81.4 Å². The number of hydrogen-bond acceptors (Lipinski definition) is 1. The first kappa shape index (κ1) is 8.81. The Kier molecular flexibility index (Phi) is 2.00. The van der Waals surface area contributed by atoms with Gasteiger partial charge in [-0.2, -0.15) is 0 Å². The fourth-order valence-electron chi connectivity index (χ4n) is 1.46. The molecule has 0 saturated heterocycles. The van der Waals surface area contributed by atoms with Gasteiger partial charge in [-0.25, -0.2) is 0 Å². The predicted molar refractivity (Wildman–Crippen MR) is 54.3 cm³/mol. The molecule has 2 aromatic rings. The van der Waals surface area contributed by atoms with Crippen LogP contribution in [0.25, 0.3) is 10.9 Å². The lowest BCUT2D eigenvalue weighted by Crippen LogP contribution is -2.07. The van der Waals surface area contributed by atoms with Crippen LogP contribution >= 0.6 is 0 Å². The van der Waals surface area contributed by atoms with Gasteiger partial charge in [0.1, 0.15) is 0 Å². The monoisotopic (exact) mass is 189 g/mol. The van der Waals surface area contributed by atoms with E-state index in [0.29, 0.717) is 0 Å². The summed E-state index contributed by atoms with van der Waals surface area (Å²) in [6.45, 7) is 1.67. The van der Waals surface area contributed by atoms with Gasteiger partial charge in [0.15, 0.2) is 0 Å². The number of aromatic amines is 1. The highest BCUT2D eigenvalue weighted by Crippen LogP contribution is 2.20. The molecule has 0 aliphatic carbocycles. The minimum Gasteiger partial charge on any atom is -0.481 e. The zero-order chi connectivity index (χ0) is 10.1. The van der Waals surface area contributed by atoms with Crippen molar-refractivity contribution in [2.45, 2.75) is 12.8 Å². The van der Waals surface area contributed by atoms with E-state index < -0.39 is 11.9 Å². The van der Waals surface area contributed by atoms with Gasteiger partial charge >= 0.3 is 5.97 Å². The summed E-state index contributed by atoms with van der Waals surface area (Å²) in [5, 5.41) is 9.89. The molecule has 1 aromatic heterocycles. The lowest BCUT2D eigenvalue weighted by molar-refractivity contribution is -0.138. The van der Waals surface area contributed by atoms with E-state index in [1.54, 1.807) is 6.92 Å². The van der Waals surface area contributed by atoms with E-state index in [0.717, 1.165) is 16.6 Å². The summed E-state index contributed by atoms with van der Waals surface area (Å²) in [5.74, 6) is -1.29. The molecule has 0 amide bonds. The third kappa shape index (κ3) is 1.37. The number of carbonyl (C=O) groups is 1. The van der Waals surface area contributed by atoms with Crippen LogP contribution in [-0.4, -0.2) is 16.1 Å². The van der Waals surface area contributed by atoms with E-state index in [-0.39, 0.29) is 0 Å². The molecule has 1 heterocycles. The molecule has 0 aliphatic heterocycles. The van der Waals surface area contributed by atoms with Crippen LogP contribution in [0, 0.1) is 0 Å². The SMILES string of the molecule is CC(C(=O)O)c1cc2ccccc2[nH]1. The molecule has 2 N–H and O–H groups in total. The van der Waals surface area contributed by atoms with Gasteiger partial charge in [-0.15, -0.1) is 0 Å². The second-order valence-electron chi connectivity index (χ2n) is 3.37. The Balaban J connectivity index is 2.50. The van der Waals surface area contributed by atoms with Crippen LogP contribution in [0.4, 0.5) is 0 Å². The van der Waals surface area contributed by atoms with Crippen LogP contribution < -0.4 is 0 Å². The van der Waals surface area contributed by atoms with Gasteiger partial charge in [-0.3, -0.25) is 4.79 Å². The van der Waals surface area contributed by atoms with Crippen molar-refractivity contribution in [2.75, 3.05) is 0 Å². The van der Waals surface area contributed by atoms with E-state index in [2.05, 4.69) is 4.98 Å². The minimum absolute atomic E-state index is 0.484. The minimum atomic E-state index is -0.809. The van der Waals surface area contributed by atoms with Crippen LogP contribution in [0.2, 0.25) is 0 Å². The Morgan fingerprint density at radius 3 is 2.79 bits per heavy atom. The number of benzene rings is 1. The summed E-state index contributed by atoms with van der Waals surface area (Å²) in [4.78, 5) is 13.9. The first-order chi connectivity index (χ1) is 6.68. The maximum atomic E-state index is 10.8.